The van der Waals surface area contributed by atoms with Gasteiger partial charge >= 0.3 is 0 Å². The minimum absolute atomic E-state index is 0.0314. The summed E-state index contributed by atoms with van der Waals surface area (Å²) >= 11 is 2.75. The first-order valence-electron chi connectivity index (χ1n) is 10.8. The summed E-state index contributed by atoms with van der Waals surface area (Å²) in [5.41, 5.74) is 3.82. The van der Waals surface area contributed by atoms with Gasteiger partial charge in [0, 0.05) is 30.2 Å². The molecular weight excluding hydrogens is 440 g/mol. The lowest BCUT2D eigenvalue weighted by atomic mass is 10.1. The highest BCUT2D eigenvalue weighted by molar-refractivity contribution is 7.99. The predicted molar refractivity (Wildman–Crippen MR) is 130 cm³/mol. The number of aromatic nitrogens is 2. The highest BCUT2D eigenvalue weighted by Crippen LogP contribution is 2.26. The number of thiazole rings is 1. The molecule has 4 rings (SSSR count). The number of amides is 2. The fourth-order valence-electron chi connectivity index (χ4n) is 3.58. The Kier molecular flexibility index (Phi) is 7.55. The van der Waals surface area contributed by atoms with E-state index in [2.05, 4.69) is 46.5 Å². The van der Waals surface area contributed by atoms with E-state index < -0.39 is 0 Å². The normalized spacial score (nSPS) is 13.3. The molecule has 1 aliphatic rings. The largest absolute Gasteiger partial charge is 0.339 e. The van der Waals surface area contributed by atoms with Crippen LogP contribution in [0.3, 0.4) is 0 Å². The van der Waals surface area contributed by atoms with Crippen LogP contribution in [0.5, 0.6) is 0 Å². The Labute approximate surface area is 196 Å². The van der Waals surface area contributed by atoms with E-state index in [-0.39, 0.29) is 17.6 Å². The number of nitrogens with zero attached hydrogens (tertiary/aromatic N) is 3. The molecule has 6 nitrogen and oxygen atoms in total. The minimum atomic E-state index is -0.131. The van der Waals surface area contributed by atoms with Crippen molar-refractivity contribution in [3.8, 4) is 11.3 Å². The van der Waals surface area contributed by atoms with Crippen LogP contribution < -0.4 is 5.32 Å². The second kappa shape index (κ2) is 10.7. The number of benzene rings is 1. The van der Waals surface area contributed by atoms with Crippen molar-refractivity contribution in [2.24, 2.45) is 0 Å². The van der Waals surface area contributed by atoms with Gasteiger partial charge in [0.15, 0.2) is 5.13 Å². The van der Waals surface area contributed by atoms with E-state index >= 15 is 0 Å². The van der Waals surface area contributed by atoms with Crippen LogP contribution in [0.4, 0.5) is 5.13 Å². The van der Waals surface area contributed by atoms with Gasteiger partial charge in [0.1, 0.15) is 0 Å². The molecule has 8 heteroatoms. The number of thioether (sulfide) groups is 1. The number of carbonyl (C=O) groups excluding carboxylic acids is 2. The Morgan fingerprint density at radius 3 is 2.59 bits per heavy atom. The maximum atomic E-state index is 12.4. The zero-order chi connectivity index (χ0) is 22.3. The van der Waals surface area contributed by atoms with Gasteiger partial charge in [-0.3, -0.25) is 9.59 Å². The first kappa shape index (κ1) is 22.5. The number of hydrogen-bond acceptors (Lipinski definition) is 6. The summed E-state index contributed by atoms with van der Waals surface area (Å²) in [5, 5.41) is 6.11. The fraction of sp³-hybridized carbons (Fsp3) is 0.333. The van der Waals surface area contributed by atoms with Crippen LogP contribution in [0.15, 0.2) is 53.0 Å². The number of aryl methyl sites for hydroxylation is 1. The number of hydrogen-bond donors (Lipinski definition) is 1. The van der Waals surface area contributed by atoms with E-state index in [1.165, 1.54) is 28.7 Å². The summed E-state index contributed by atoms with van der Waals surface area (Å²) in [6, 6.07) is 12.0. The molecule has 0 aliphatic carbocycles. The molecule has 0 radical (unpaired) electrons. The Balaban J connectivity index is 1.27. The summed E-state index contributed by atoms with van der Waals surface area (Å²) in [4.78, 5) is 35.5. The molecule has 166 valence electrons. The number of carbonyl (C=O) groups is 2. The average Bonchev–Trinajstić information content (AvgIpc) is 3.51. The number of nitrogens with one attached hydrogen (secondary N) is 1. The molecule has 3 aromatic rings. The van der Waals surface area contributed by atoms with E-state index in [1.807, 2.05) is 10.3 Å². The lowest BCUT2D eigenvalue weighted by Crippen LogP contribution is -2.27. The Bertz CT molecular complexity index is 1060. The molecule has 0 spiro atoms. The summed E-state index contributed by atoms with van der Waals surface area (Å²) in [7, 11) is 0. The second-order valence-electron chi connectivity index (χ2n) is 7.71. The summed E-state index contributed by atoms with van der Waals surface area (Å²) in [6.45, 7) is 3.81. The van der Waals surface area contributed by atoms with Crippen molar-refractivity contribution in [3.05, 3.63) is 59.1 Å². The third kappa shape index (κ3) is 5.75. The Hall–Kier alpha value is -2.71. The van der Waals surface area contributed by atoms with Crippen LogP contribution in [0.1, 0.15) is 42.1 Å². The summed E-state index contributed by atoms with van der Waals surface area (Å²) < 4.78 is 0. The van der Waals surface area contributed by atoms with Gasteiger partial charge in [0.05, 0.1) is 22.0 Å². The molecule has 32 heavy (non-hydrogen) atoms. The molecule has 1 saturated heterocycles. The van der Waals surface area contributed by atoms with Gasteiger partial charge in [-0.15, -0.1) is 11.3 Å². The van der Waals surface area contributed by atoms with Crippen molar-refractivity contribution in [2.45, 2.75) is 37.6 Å². The highest BCUT2D eigenvalue weighted by atomic mass is 32.2. The molecule has 2 amide bonds. The molecular formula is C24H26N4O2S2. The van der Waals surface area contributed by atoms with Crippen molar-refractivity contribution in [1.29, 1.82) is 0 Å². The van der Waals surface area contributed by atoms with Crippen LogP contribution >= 0.6 is 23.1 Å². The molecule has 1 aliphatic heterocycles. The number of rotatable bonds is 8. The molecule has 1 N–H and O–H groups in total. The van der Waals surface area contributed by atoms with Crippen molar-refractivity contribution < 1.29 is 9.59 Å². The SMILES string of the molecule is CCCc1ccc(-c2csc(NC(=O)CSc3ccc(C(=O)N4CCCC4)cn3)n2)cc1. The zero-order valence-electron chi connectivity index (χ0n) is 18.0. The van der Waals surface area contributed by atoms with Gasteiger partial charge in [0.2, 0.25) is 5.91 Å². The third-order valence-corrected chi connectivity index (χ3v) is 6.97. The van der Waals surface area contributed by atoms with Gasteiger partial charge in [0.25, 0.3) is 5.91 Å². The molecule has 0 bridgehead atoms. The number of pyridine rings is 1. The van der Waals surface area contributed by atoms with Crippen molar-refractivity contribution in [1.82, 2.24) is 14.9 Å². The van der Waals surface area contributed by atoms with E-state index in [4.69, 9.17) is 0 Å². The topological polar surface area (TPSA) is 75.2 Å². The minimum Gasteiger partial charge on any atom is -0.339 e. The first-order valence-corrected chi connectivity index (χ1v) is 12.7. The van der Waals surface area contributed by atoms with E-state index in [0.29, 0.717) is 15.7 Å². The molecule has 2 aromatic heterocycles. The molecule has 0 saturated carbocycles. The van der Waals surface area contributed by atoms with E-state index in [1.54, 1.807) is 18.3 Å². The smallest absolute Gasteiger partial charge is 0.255 e. The first-order chi connectivity index (χ1) is 15.6. The zero-order valence-corrected chi connectivity index (χ0v) is 19.7. The molecule has 3 heterocycles. The predicted octanol–water partition coefficient (Wildman–Crippen LogP) is 5.12. The molecule has 0 unspecified atom stereocenters. The number of anilines is 1. The van der Waals surface area contributed by atoms with Gasteiger partial charge in [-0.1, -0.05) is 49.4 Å². The maximum absolute atomic E-state index is 12.4. The Morgan fingerprint density at radius 1 is 1.12 bits per heavy atom. The highest BCUT2D eigenvalue weighted by Gasteiger charge is 2.19. The van der Waals surface area contributed by atoms with Crippen LogP contribution in [0.25, 0.3) is 11.3 Å². The van der Waals surface area contributed by atoms with Crippen molar-refractivity contribution >= 4 is 40.0 Å². The quantitative estimate of drug-likeness (QED) is 0.466. The van der Waals surface area contributed by atoms with Crippen LogP contribution in [0.2, 0.25) is 0 Å². The summed E-state index contributed by atoms with van der Waals surface area (Å²) in [5.74, 6) is 0.129. The van der Waals surface area contributed by atoms with Gasteiger partial charge in [-0.2, -0.15) is 0 Å². The standard InChI is InChI=1S/C24H26N4O2S2/c1-2-5-17-6-8-18(9-7-17)20-15-32-24(26-20)27-21(29)16-31-22-11-10-19(14-25-22)23(30)28-12-3-4-13-28/h6-11,14-15H,2-5,12-13,16H2,1H3,(H,26,27,29). The molecule has 1 aromatic carbocycles. The Morgan fingerprint density at radius 2 is 1.91 bits per heavy atom. The number of likely N-dealkylation sites (tertiary alicyclic amines) is 1. The summed E-state index contributed by atoms with van der Waals surface area (Å²) in [6.07, 6.45) is 5.92. The van der Waals surface area contributed by atoms with Gasteiger partial charge < -0.3 is 10.2 Å². The second-order valence-corrected chi connectivity index (χ2v) is 9.56. The van der Waals surface area contributed by atoms with Crippen molar-refractivity contribution in [2.75, 3.05) is 24.2 Å². The fourth-order valence-corrected chi connectivity index (χ4v) is 4.96. The molecule has 0 atom stereocenters. The van der Waals surface area contributed by atoms with E-state index in [9.17, 15) is 9.59 Å². The maximum Gasteiger partial charge on any atom is 0.255 e. The van der Waals surface area contributed by atoms with Gasteiger partial charge in [-0.05, 0) is 37.0 Å². The average molecular weight is 467 g/mol. The van der Waals surface area contributed by atoms with Crippen LogP contribution in [-0.4, -0.2) is 45.5 Å². The third-order valence-electron chi connectivity index (χ3n) is 5.27. The monoisotopic (exact) mass is 466 g/mol. The van der Waals surface area contributed by atoms with Gasteiger partial charge in [-0.25, -0.2) is 9.97 Å². The van der Waals surface area contributed by atoms with Crippen LogP contribution in [0, 0.1) is 0 Å². The lowest BCUT2D eigenvalue weighted by molar-refractivity contribution is -0.113. The van der Waals surface area contributed by atoms with Crippen molar-refractivity contribution in [3.63, 3.8) is 0 Å². The van der Waals surface area contributed by atoms with E-state index in [0.717, 1.165) is 50.0 Å². The van der Waals surface area contributed by atoms with Crippen LogP contribution in [-0.2, 0) is 11.2 Å². The molecule has 1 fully saturated rings. The lowest BCUT2D eigenvalue weighted by Gasteiger charge is -2.14.